The first kappa shape index (κ1) is 13.0. The third-order valence-corrected chi connectivity index (χ3v) is 4.74. The van der Waals surface area contributed by atoms with Crippen LogP contribution in [0.3, 0.4) is 0 Å². The Balaban J connectivity index is 2.25. The van der Waals surface area contributed by atoms with Crippen LogP contribution in [-0.4, -0.2) is 27.4 Å². The topological polar surface area (TPSA) is 101 Å². The highest BCUT2D eigenvalue weighted by molar-refractivity contribution is 7.89. The molecule has 0 bridgehead atoms. The summed E-state index contributed by atoms with van der Waals surface area (Å²) in [4.78, 5) is 11.9. The maximum Gasteiger partial charge on any atom is 0.256 e. The predicted molar refractivity (Wildman–Crippen MR) is 76.1 cm³/mol. The van der Waals surface area contributed by atoms with Crippen molar-refractivity contribution < 1.29 is 13.2 Å². The average Bonchev–Trinajstić information content (AvgIpc) is 2.76. The van der Waals surface area contributed by atoms with Crippen LogP contribution in [0.1, 0.15) is 10.4 Å². The third-order valence-electron chi connectivity index (χ3n) is 3.22. The van der Waals surface area contributed by atoms with Gasteiger partial charge in [-0.25, -0.2) is 13.1 Å². The number of benzene rings is 2. The van der Waals surface area contributed by atoms with Gasteiger partial charge >= 0.3 is 0 Å². The normalized spacial score (nSPS) is 13.8. The summed E-state index contributed by atoms with van der Waals surface area (Å²) in [7, 11) is -3.64. The molecule has 0 saturated carbocycles. The van der Waals surface area contributed by atoms with Crippen LogP contribution >= 0.6 is 0 Å². The van der Waals surface area contributed by atoms with E-state index in [1.165, 1.54) is 6.07 Å². The van der Waals surface area contributed by atoms with E-state index >= 15 is 0 Å². The third kappa shape index (κ3) is 1.87. The second-order valence-corrected chi connectivity index (χ2v) is 6.22. The molecule has 6 nitrogen and oxygen atoms in total. The molecule has 1 aliphatic heterocycles. The van der Waals surface area contributed by atoms with Crippen molar-refractivity contribution in [2.45, 2.75) is 4.90 Å². The average molecular weight is 291 g/mol. The van der Waals surface area contributed by atoms with Crippen molar-refractivity contribution in [2.75, 3.05) is 18.4 Å². The van der Waals surface area contributed by atoms with Crippen LogP contribution in [0.5, 0.6) is 0 Å². The van der Waals surface area contributed by atoms with Crippen molar-refractivity contribution in [3.05, 3.63) is 35.9 Å². The zero-order valence-electron chi connectivity index (χ0n) is 10.5. The fourth-order valence-electron chi connectivity index (χ4n) is 2.37. The number of anilines is 1. The lowest BCUT2D eigenvalue weighted by molar-refractivity contribution is 0.103. The Morgan fingerprint density at radius 3 is 2.75 bits per heavy atom. The highest BCUT2D eigenvalue weighted by Gasteiger charge is 2.25. The fourth-order valence-corrected chi connectivity index (χ4v) is 3.62. The molecule has 3 rings (SSSR count). The first-order valence-corrected chi connectivity index (χ1v) is 7.60. The first-order valence-electron chi connectivity index (χ1n) is 6.11. The van der Waals surface area contributed by atoms with E-state index in [4.69, 9.17) is 5.73 Å². The quantitative estimate of drug-likeness (QED) is 0.769. The Kier molecular flexibility index (Phi) is 2.97. The summed E-state index contributed by atoms with van der Waals surface area (Å²) in [6.07, 6.45) is 0. The number of carbonyl (C=O) groups excluding carboxylic acids is 1. The van der Waals surface area contributed by atoms with E-state index in [9.17, 15) is 13.2 Å². The van der Waals surface area contributed by atoms with Gasteiger partial charge in [-0.2, -0.15) is 0 Å². The van der Waals surface area contributed by atoms with Gasteiger partial charge in [0.05, 0.1) is 4.90 Å². The second-order valence-electron chi connectivity index (χ2n) is 4.48. The number of nitrogens with two attached hydrogens (primary N) is 1. The Labute approximate surface area is 116 Å². The van der Waals surface area contributed by atoms with Crippen LogP contribution in [-0.2, 0) is 10.0 Å². The van der Waals surface area contributed by atoms with Crippen molar-refractivity contribution in [3.8, 4) is 0 Å². The minimum absolute atomic E-state index is 0.156. The smallest absolute Gasteiger partial charge is 0.256 e. The molecule has 0 saturated heterocycles. The molecule has 2 aromatic rings. The highest BCUT2D eigenvalue weighted by Crippen LogP contribution is 2.36. The molecule has 1 aliphatic rings. The maximum absolute atomic E-state index is 12.3. The Bertz CT molecular complexity index is 815. The van der Waals surface area contributed by atoms with E-state index in [1.54, 1.807) is 24.3 Å². The lowest BCUT2D eigenvalue weighted by Crippen LogP contribution is -2.29. The maximum atomic E-state index is 12.3. The van der Waals surface area contributed by atoms with Crippen LogP contribution in [0.25, 0.3) is 10.8 Å². The zero-order valence-corrected chi connectivity index (χ0v) is 11.3. The molecule has 104 valence electrons. The zero-order chi connectivity index (χ0) is 14.3. The van der Waals surface area contributed by atoms with E-state index in [2.05, 4.69) is 10.0 Å². The molecule has 4 N–H and O–H groups in total. The van der Waals surface area contributed by atoms with E-state index < -0.39 is 10.0 Å². The van der Waals surface area contributed by atoms with Crippen LogP contribution in [0.15, 0.2) is 35.2 Å². The van der Waals surface area contributed by atoms with Gasteiger partial charge in [-0.05, 0) is 18.2 Å². The minimum atomic E-state index is -3.64. The summed E-state index contributed by atoms with van der Waals surface area (Å²) in [6.45, 7) is 0.392. The summed E-state index contributed by atoms with van der Waals surface area (Å²) in [5, 5.41) is 3.90. The fraction of sp³-hybridized carbons (Fsp3) is 0.154. The van der Waals surface area contributed by atoms with E-state index in [-0.39, 0.29) is 23.9 Å². The molecule has 20 heavy (non-hydrogen) atoms. The first-order chi connectivity index (χ1) is 9.54. The lowest BCUT2D eigenvalue weighted by atomic mass is 10.1. The lowest BCUT2D eigenvalue weighted by Gasteiger charge is -2.09. The van der Waals surface area contributed by atoms with E-state index in [0.717, 1.165) is 0 Å². The minimum Gasteiger partial charge on any atom is -0.329 e. The van der Waals surface area contributed by atoms with E-state index in [0.29, 0.717) is 22.0 Å². The molecule has 0 spiro atoms. The van der Waals surface area contributed by atoms with Gasteiger partial charge in [0, 0.05) is 35.1 Å². The monoisotopic (exact) mass is 291 g/mol. The van der Waals surface area contributed by atoms with Crippen LogP contribution in [0.2, 0.25) is 0 Å². The highest BCUT2D eigenvalue weighted by atomic mass is 32.2. The van der Waals surface area contributed by atoms with Crippen LogP contribution in [0, 0.1) is 0 Å². The largest absolute Gasteiger partial charge is 0.329 e. The number of hydrogen-bond acceptors (Lipinski definition) is 4. The van der Waals surface area contributed by atoms with Crippen molar-refractivity contribution in [1.82, 2.24) is 4.72 Å². The van der Waals surface area contributed by atoms with Crippen molar-refractivity contribution in [3.63, 3.8) is 0 Å². The molecular formula is C13H13N3O3S. The molecule has 0 unspecified atom stereocenters. The standard InChI is InChI=1S/C13H13N3O3S/c14-6-7-15-20(18,19)11-5-4-10-12-8(11)2-1-3-9(12)13(17)16-10/h1-5,15H,6-7,14H2,(H,16,17). The SMILES string of the molecule is NCCNS(=O)(=O)c1ccc2c3c(cccc13)C(=O)N2. The summed E-state index contributed by atoms with van der Waals surface area (Å²) in [6, 6.07) is 8.14. The van der Waals surface area contributed by atoms with Gasteiger partial charge in [0.25, 0.3) is 5.91 Å². The Hall–Kier alpha value is -1.96. The number of sulfonamides is 1. The molecule has 0 aromatic heterocycles. The molecule has 0 aliphatic carbocycles. The van der Waals surface area contributed by atoms with Gasteiger partial charge in [-0.3, -0.25) is 4.79 Å². The molecule has 0 radical (unpaired) electrons. The number of nitrogens with one attached hydrogen (secondary N) is 2. The van der Waals surface area contributed by atoms with Crippen LogP contribution < -0.4 is 15.8 Å². The molecule has 0 fully saturated rings. The van der Waals surface area contributed by atoms with Gasteiger partial charge in [-0.1, -0.05) is 12.1 Å². The summed E-state index contributed by atoms with van der Waals surface area (Å²) >= 11 is 0. The molecule has 1 heterocycles. The van der Waals surface area contributed by atoms with Gasteiger partial charge in [0.15, 0.2) is 0 Å². The molecule has 1 amide bonds. The molecule has 7 heteroatoms. The van der Waals surface area contributed by atoms with Gasteiger partial charge in [0.2, 0.25) is 10.0 Å². The number of rotatable bonds is 4. The van der Waals surface area contributed by atoms with Crippen molar-refractivity contribution in [1.29, 1.82) is 0 Å². The Morgan fingerprint density at radius 1 is 1.20 bits per heavy atom. The van der Waals surface area contributed by atoms with Gasteiger partial charge < -0.3 is 11.1 Å². The Morgan fingerprint density at radius 2 is 2.00 bits per heavy atom. The van der Waals surface area contributed by atoms with Crippen molar-refractivity contribution in [2.24, 2.45) is 5.73 Å². The van der Waals surface area contributed by atoms with Crippen molar-refractivity contribution >= 4 is 32.4 Å². The second kappa shape index (κ2) is 4.55. The molecule has 0 atom stereocenters. The van der Waals surface area contributed by atoms with Crippen LogP contribution in [0.4, 0.5) is 5.69 Å². The number of amides is 1. The number of hydrogen-bond donors (Lipinski definition) is 3. The predicted octanol–water partition coefficient (Wildman–Crippen LogP) is 0.642. The van der Waals surface area contributed by atoms with E-state index in [1.807, 2.05) is 0 Å². The summed E-state index contributed by atoms with van der Waals surface area (Å²) in [5.41, 5.74) is 6.45. The number of carbonyl (C=O) groups is 1. The van der Waals surface area contributed by atoms with Gasteiger partial charge in [0.1, 0.15) is 0 Å². The summed E-state index contributed by atoms with van der Waals surface area (Å²) in [5.74, 6) is -0.213. The summed E-state index contributed by atoms with van der Waals surface area (Å²) < 4.78 is 26.9. The van der Waals surface area contributed by atoms with Gasteiger partial charge in [-0.15, -0.1) is 0 Å². The molecule has 2 aromatic carbocycles. The molecular weight excluding hydrogens is 278 g/mol.